The van der Waals surface area contributed by atoms with Gasteiger partial charge in [-0.1, -0.05) is 20.8 Å². The first kappa shape index (κ1) is 8.04. The molecular formula is C7H12N2O2. The summed E-state index contributed by atoms with van der Waals surface area (Å²) in [6, 6.07) is -0.787. The molecule has 1 aliphatic heterocycles. The fourth-order valence-corrected chi connectivity index (χ4v) is 1.03. The van der Waals surface area contributed by atoms with Gasteiger partial charge >= 0.3 is 6.03 Å². The molecule has 4 nitrogen and oxygen atoms in total. The lowest BCUT2D eigenvalue weighted by atomic mass is 9.87. The summed E-state index contributed by atoms with van der Waals surface area (Å²) in [7, 11) is 0. The van der Waals surface area contributed by atoms with Crippen molar-refractivity contribution < 1.29 is 9.59 Å². The Bertz CT molecular complexity index is 205. The minimum absolute atomic E-state index is 0.212. The standard InChI is InChI=1S/C7H12N2O2/c1-7(2,3)4-5(10)9-6(11)8-4/h4H,1-3H3,(H2,8,9,10,11)/t4-/m1/s1. The third-order valence-electron chi connectivity index (χ3n) is 1.64. The van der Waals surface area contributed by atoms with Crippen molar-refractivity contribution in [3.63, 3.8) is 0 Å². The summed E-state index contributed by atoms with van der Waals surface area (Å²) in [4.78, 5) is 21.7. The van der Waals surface area contributed by atoms with E-state index in [9.17, 15) is 9.59 Å². The molecule has 0 unspecified atom stereocenters. The van der Waals surface area contributed by atoms with Crippen molar-refractivity contribution in [1.82, 2.24) is 10.6 Å². The van der Waals surface area contributed by atoms with E-state index in [1.165, 1.54) is 0 Å². The Morgan fingerprint density at radius 1 is 1.27 bits per heavy atom. The van der Waals surface area contributed by atoms with Crippen LogP contribution in [0.15, 0.2) is 0 Å². The van der Waals surface area contributed by atoms with Crippen molar-refractivity contribution in [2.24, 2.45) is 5.41 Å². The third kappa shape index (κ3) is 1.50. The first-order valence-electron chi connectivity index (χ1n) is 3.52. The number of hydrogen-bond acceptors (Lipinski definition) is 2. The SMILES string of the molecule is CC(C)(C)[C@@H]1NC(=O)NC1=O. The van der Waals surface area contributed by atoms with E-state index in [4.69, 9.17) is 0 Å². The zero-order valence-corrected chi connectivity index (χ0v) is 6.89. The van der Waals surface area contributed by atoms with Crippen molar-refractivity contribution in [1.29, 1.82) is 0 Å². The second kappa shape index (κ2) is 2.22. The highest BCUT2D eigenvalue weighted by Gasteiger charge is 2.38. The van der Waals surface area contributed by atoms with E-state index in [0.717, 1.165) is 0 Å². The Morgan fingerprint density at radius 3 is 2.00 bits per heavy atom. The molecule has 3 amide bonds. The van der Waals surface area contributed by atoms with E-state index in [-0.39, 0.29) is 11.3 Å². The van der Waals surface area contributed by atoms with Crippen LogP contribution in [-0.4, -0.2) is 18.0 Å². The van der Waals surface area contributed by atoms with Gasteiger partial charge in [0.1, 0.15) is 6.04 Å². The number of rotatable bonds is 0. The number of imide groups is 1. The molecule has 1 atom stereocenters. The summed E-state index contributed by atoms with van der Waals surface area (Å²) in [6.07, 6.45) is 0. The first-order chi connectivity index (χ1) is 4.91. The minimum Gasteiger partial charge on any atom is -0.325 e. The molecule has 1 fully saturated rings. The van der Waals surface area contributed by atoms with E-state index in [1.54, 1.807) is 0 Å². The number of carbonyl (C=O) groups is 2. The minimum atomic E-state index is -0.394. The maximum atomic E-state index is 11.0. The Balaban J connectivity index is 2.76. The molecule has 1 heterocycles. The molecule has 1 saturated heterocycles. The van der Waals surface area contributed by atoms with Crippen molar-refractivity contribution >= 4 is 11.9 Å². The maximum absolute atomic E-state index is 11.0. The summed E-state index contributed by atoms with van der Waals surface area (Å²) in [6.45, 7) is 5.72. The van der Waals surface area contributed by atoms with Crippen molar-refractivity contribution in [2.45, 2.75) is 26.8 Å². The van der Waals surface area contributed by atoms with Gasteiger partial charge in [0.05, 0.1) is 0 Å². The van der Waals surface area contributed by atoms with Gasteiger partial charge in [-0.2, -0.15) is 0 Å². The van der Waals surface area contributed by atoms with Crippen LogP contribution < -0.4 is 10.6 Å². The third-order valence-corrected chi connectivity index (χ3v) is 1.64. The van der Waals surface area contributed by atoms with Gasteiger partial charge in [0.15, 0.2) is 0 Å². The number of hydrogen-bond donors (Lipinski definition) is 2. The molecule has 0 aromatic rings. The lowest BCUT2D eigenvalue weighted by molar-refractivity contribution is -0.122. The number of urea groups is 1. The molecule has 0 spiro atoms. The average Bonchev–Trinajstić information content (AvgIpc) is 2.08. The van der Waals surface area contributed by atoms with E-state index in [0.29, 0.717) is 0 Å². The summed E-state index contributed by atoms with van der Waals surface area (Å²) in [5.74, 6) is -0.234. The fourth-order valence-electron chi connectivity index (χ4n) is 1.03. The fraction of sp³-hybridized carbons (Fsp3) is 0.714. The highest BCUT2D eigenvalue weighted by atomic mass is 16.2. The van der Waals surface area contributed by atoms with E-state index < -0.39 is 12.1 Å². The van der Waals surface area contributed by atoms with E-state index >= 15 is 0 Å². The van der Waals surface area contributed by atoms with Crippen molar-refractivity contribution in [2.75, 3.05) is 0 Å². The zero-order chi connectivity index (χ0) is 8.65. The summed E-state index contributed by atoms with van der Waals surface area (Å²) >= 11 is 0. The molecule has 0 bridgehead atoms. The summed E-state index contributed by atoms with van der Waals surface area (Å²) < 4.78 is 0. The lowest BCUT2D eigenvalue weighted by Gasteiger charge is -2.23. The summed E-state index contributed by atoms with van der Waals surface area (Å²) in [5.41, 5.74) is -0.212. The van der Waals surface area contributed by atoms with Gasteiger partial charge in [-0.15, -0.1) is 0 Å². The Hall–Kier alpha value is -1.06. The maximum Gasteiger partial charge on any atom is 0.322 e. The van der Waals surface area contributed by atoms with Crippen molar-refractivity contribution in [3.05, 3.63) is 0 Å². The normalized spacial score (nSPS) is 24.8. The lowest BCUT2D eigenvalue weighted by Crippen LogP contribution is -2.41. The van der Waals surface area contributed by atoms with Gasteiger partial charge in [-0.05, 0) is 5.41 Å². The quantitative estimate of drug-likeness (QED) is 0.493. The van der Waals surface area contributed by atoms with Crippen LogP contribution >= 0.6 is 0 Å². The molecule has 4 heteroatoms. The van der Waals surface area contributed by atoms with Gasteiger partial charge in [-0.25, -0.2) is 4.79 Å². The van der Waals surface area contributed by atoms with Gasteiger partial charge < -0.3 is 5.32 Å². The molecule has 62 valence electrons. The molecule has 1 aliphatic rings. The summed E-state index contributed by atoms with van der Waals surface area (Å²) in [5, 5.41) is 4.73. The van der Waals surface area contributed by atoms with Crippen molar-refractivity contribution in [3.8, 4) is 0 Å². The second-order valence-corrected chi connectivity index (χ2v) is 3.76. The Morgan fingerprint density at radius 2 is 1.82 bits per heavy atom. The molecule has 0 radical (unpaired) electrons. The van der Waals surface area contributed by atoms with Crippen LogP contribution in [0.1, 0.15) is 20.8 Å². The largest absolute Gasteiger partial charge is 0.325 e. The molecular weight excluding hydrogens is 144 g/mol. The predicted molar refractivity (Wildman–Crippen MR) is 39.9 cm³/mol. The smallest absolute Gasteiger partial charge is 0.322 e. The zero-order valence-electron chi connectivity index (χ0n) is 6.89. The Kier molecular flexibility index (Phi) is 1.62. The number of carbonyl (C=O) groups excluding carboxylic acids is 2. The van der Waals surface area contributed by atoms with Gasteiger partial charge in [0, 0.05) is 0 Å². The monoisotopic (exact) mass is 156 g/mol. The van der Waals surface area contributed by atoms with Crippen LogP contribution in [0.2, 0.25) is 0 Å². The van der Waals surface area contributed by atoms with Crippen LogP contribution in [0.4, 0.5) is 4.79 Å². The van der Waals surface area contributed by atoms with Crippen LogP contribution in [0.5, 0.6) is 0 Å². The topological polar surface area (TPSA) is 58.2 Å². The molecule has 11 heavy (non-hydrogen) atoms. The highest BCUT2D eigenvalue weighted by Crippen LogP contribution is 2.20. The molecule has 2 N–H and O–H groups in total. The van der Waals surface area contributed by atoms with E-state index in [2.05, 4.69) is 10.6 Å². The molecule has 0 aromatic heterocycles. The van der Waals surface area contributed by atoms with Crippen LogP contribution in [-0.2, 0) is 4.79 Å². The van der Waals surface area contributed by atoms with E-state index in [1.807, 2.05) is 20.8 Å². The number of amides is 3. The Labute approximate surface area is 65.3 Å². The van der Waals surface area contributed by atoms with Gasteiger partial charge in [0.2, 0.25) is 0 Å². The highest BCUT2D eigenvalue weighted by molar-refractivity contribution is 6.04. The molecule has 0 aromatic carbocycles. The van der Waals surface area contributed by atoms with Gasteiger partial charge in [-0.3, -0.25) is 10.1 Å². The molecule has 0 saturated carbocycles. The van der Waals surface area contributed by atoms with Crippen LogP contribution in [0.25, 0.3) is 0 Å². The van der Waals surface area contributed by atoms with Crippen LogP contribution in [0.3, 0.4) is 0 Å². The first-order valence-corrected chi connectivity index (χ1v) is 3.52. The average molecular weight is 156 g/mol. The number of nitrogens with one attached hydrogen (secondary N) is 2. The van der Waals surface area contributed by atoms with Gasteiger partial charge in [0.25, 0.3) is 5.91 Å². The molecule has 1 rings (SSSR count). The predicted octanol–water partition coefficient (Wildman–Crippen LogP) is 0.241. The molecule has 0 aliphatic carbocycles. The van der Waals surface area contributed by atoms with Crippen LogP contribution in [0, 0.1) is 5.41 Å². The second-order valence-electron chi connectivity index (χ2n) is 3.76.